The van der Waals surface area contributed by atoms with Gasteiger partial charge in [0.1, 0.15) is 0 Å². The zero-order valence-corrected chi connectivity index (χ0v) is 12.0. The second-order valence-corrected chi connectivity index (χ2v) is 6.01. The summed E-state index contributed by atoms with van der Waals surface area (Å²) >= 11 is 0. The molecule has 0 spiro atoms. The molecule has 2 fully saturated rings. The smallest absolute Gasteiger partial charge is 0.237 e. The minimum atomic E-state index is -0.259. The first-order valence-corrected chi connectivity index (χ1v) is 7.60. The number of carbonyl (C=O) groups is 2. The van der Waals surface area contributed by atoms with Gasteiger partial charge >= 0.3 is 0 Å². The highest BCUT2D eigenvalue weighted by molar-refractivity contribution is 6.06. The van der Waals surface area contributed by atoms with E-state index in [1.54, 1.807) is 4.90 Å². The van der Waals surface area contributed by atoms with Crippen LogP contribution in [0.2, 0.25) is 0 Å². The SMILES string of the molecule is Cc1ccccc1[C@H]1CC(=O)N(C2CCCCC2)C1=O. The number of rotatable bonds is 2. The van der Waals surface area contributed by atoms with Crippen molar-refractivity contribution in [3.05, 3.63) is 35.4 Å². The van der Waals surface area contributed by atoms with E-state index in [1.807, 2.05) is 31.2 Å². The second-order valence-electron chi connectivity index (χ2n) is 6.01. The molecule has 0 radical (unpaired) electrons. The van der Waals surface area contributed by atoms with E-state index >= 15 is 0 Å². The van der Waals surface area contributed by atoms with Crippen LogP contribution in [0.4, 0.5) is 0 Å². The zero-order valence-electron chi connectivity index (χ0n) is 12.0. The number of likely N-dealkylation sites (tertiary alicyclic amines) is 1. The van der Waals surface area contributed by atoms with Crippen LogP contribution in [0.25, 0.3) is 0 Å². The van der Waals surface area contributed by atoms with Crippen molar-refractivity contribution in [2.45, 2.75) is 57.4 Å². The van der Waals surface area contributed by atoms with Crippen LogP contribution in [-0.4, -0.2) is 22.8 Å². The van der Waals surface area contributed by atoms with E-state index in [4.69, 9.17) is 0 Å². The molecule has 3 rings (SSSR count). The predicted molar refractivity (Wildman–Crippen MR) is 77.3 cm³/mol. The maximum Gasteiger partial charge on any atom is 0.237 e. The predicted octanol–water partition coefficient (Wildman–Crippen LogP) is 3.17. The molecule has 1 aromatic carbocycles. The lowest BCUT2D eigenvalue weighted by atomic mass is 9.92. The van der Waals surface area contributed by atoms with E-state index in [-0.39, 0.29) is 23.8 Å². The number of hydrogen-bond donors (Lipinski definition) is 0. The Balaban J connectivity index is 1.85. The number of imide groups is 1. The molecular formula is C17H21NO2. The van der Waals surface area contributed by atoms with Crippen molar-refractivity contribution in [3.63, 3.8) is 0 Å². The maximum atomic E-state index is 12.7. The van der Waals surface area contributed by atoms with E-state index in [0.717, 1.165) is 36.8 Å². The Morgan fingerprint density at radius 3 is 2.45 bits per heavy atom. The Kier molecular flexibility index (Phi) is 3.60. The Labute approximate surface area is 120 Å². The minimum absolute atomic E-state index is 0.0233. The molecule has 1 aromatic rings. The van der Waals surface area contributed by atoms with Crippen molar-refractivity contribution >= 4 is 11.8 Å². The highest BCUT2D eigenvalue weighted by atomic mass is 16.2. The van der Waals surface area contributed by atoms with Crippen molar-refractivity contribution in [3.8, 4) is 0 Å². The lowest BCUT2D eigenvalue weighted by Gasteiger charge is -2.29. The zero-order chi connectivity index (χ0) is 14.1. The number of benzene rings is 1. The summed E-state index contributed by atoms with van der Waals surface area (Å²) in [5, 5.41) is 0. The third-order valence-electron chi connectivity index (χ3n) is 4.69. The second kappa shape index (κ2) is 5.39. The first-order chi connectivity index (χ1) is 9.68. The molecule has 0 unspecified atom stereocenters. The standard InChI is InChI=1S/C17H21NO2/c1-12-7-5-6-10-14(12)15-11-16(19)18(17(15)20)13-8-3-2-4-9-13/h5-7,10,13,15H,2-4,8-9,11H2,1H3/t15-/m1/s1. The Morgan fingerprint density at radius 1 is 1.05 bits per heavy atom. The van der Waals surface area contributed by atoms with Gasteiger partial charge in [0, 0.05) is 12.5 Å². The number of aryl methyl sites for hydroxylation is 1. The number of hydrogen-bond acceptors (Lipinski definition) is 2. The lowest BCUT2D eigenvalue weighted by Crippen LogP contribution is -2.41. The highest BCUT2D eigenvalue weighted by Gasteiger charge is 2.43. The third kappa shape index (κ3) is 2.26. The van der Waals surface area contributed by atoms with Gasteiger partial charge < -0.3 is 0 Å². The molecule has 0 aromatic heterocycles. The molecule has 1 saturated carbocycles. The van der Waals surface area contributed by atoms with Gasteiger partial charge in [0.2, 0.25) is 11.8 Å². The molecule has 1 saturated heterocycles. The Hall–Kier alpha value is -1.64. The fourth-order valence-corrected chi connectivity index (χ4v) is 3.59. The summed E-state index contributed by atoms with van der Waals surface area (Å²) < 4.78 is 0. The lowest BCUT2D eigenvalue weighted by molar-refractivity contribution is -0.142. The minimum Gasteiger partial charge on any atom is -0.279 e. The number of nitrogens with zero attached hydrogens (tertiary/aromatic N) is 1. The maximum absolute atomic E-state index is 12.7. The van der Waals surface area contributed by atoms with Crippen LogP contribution in [0.15, 0.2) is 24.3 Å². The molecule has 0 bridgehead atoms. The van der Waals surface area contributed by atoms with Gasteiger partial charge in [0.05, 0.1) is 5.92 Å². The van der Waals surface area contributed by atoms with Crippen molar-refractivity contribution in [1.82, 2.24) is 4.90 Å². The molecule has 20 heavy (non-hydrogen) atoms. The summed E-state index contributed by atoms with van der Waals surface area (Å²) in [6.07, 6.45) is 5.82. The van der Waals surface area contributed by atoms with Gasteiger partial charge in [-0.2, -0.15) is 0 Å². The van der Waals surface area contributed by atoms with Gasteiger partial charge in [0.15, 0.2) is 0 Å². The van der Waals surface area contributed by atoms with Gasteiger partial charge in [-0.15, -0.1) is 0 Å². The van der Waals surface area contributed by atoms with Crippen LogP contribution in [0, 0.1) is 6.92 Å². The van der Waals surface area contributed by atoms with Gasteiger partial charge in [0.25, 0.3) is 0 Å². The van der Waals surface area contributed by atoms with Crippen LogP contribution in [0.5, 0.6) is 0 Å². The summed E-state index contributed by atoms with van der Waals surface area (Å²) in [5.74, 6) is -0.211. The summed E-state index contributed by atoms with van der Waals surface area (Å²) in [6.45, 7) is 2.01. The molecule has 3 nitrogen and oxygen atoms in total. The molecular weight excluding hydrogens is 250 g/mol. The van der Waals surface area contributed by atoms with Crippen LogP contribution in [0.1, 0.15) is 55.6 Å². The van der Waals surface area contributed by atoms with Crippen molar-refractivity contribution < 1.29 is 9.59 Å². The van der Waals surface area contributed by atoms with Crippen LogP contribution in [0.3, 0.4) is 0 Å². The van der Waals surface area contributed by atoms with Crippen molar-refractivity contribution in [2.75, 3.05) is 0 Å². The van der Waals surface area contributed by atoms with Crippen molar-refractivity contribution in [1.29, 1.82) is 0 Å². The fraction of sp³-hybridized carbons (Fsp3) is 0.529. The van der Waals surface area contributed by atoms with Crippen molar-refractivity contribution in [2.24, 2.45) is 0 Å². The Bertz CT molecular complexity index is 532. The van der Waals surface area contributed by atoms with Gasteiger partial charge in [-0.25, -0.2) is 0 Å². The highest BCUT2D eigenvalue weighted by Crippen LogP contribution is 2.35. The largest absolute Gasteiger partial charge is 0.279 e. The first-order valence-electron chi connectivity index (χ1n) is 7.60. The van der Waals surface area contributed by atoms with E-state index in [0.29, 0.717) is 6.42 Å². The summed E-state index contributed by atoms with van der Waals surface area (Å²) in [6, 6.07) is 8.06. The molecule has 0 N–H and O–H groups in total. The molecule has 2 amide bonds. The van der Waals surface area contributed by atoms with E-state index in [2.05, 4.69) is 0 Å². The molecule has 1 heterocycles. The molecule has 106 valence electrons. The van der Waals surface area contributed by atoms with Gasteiger partial charge in [-0.1, -0.05) is 43.5 Å². The Morgan fingerprint density at radius 2 is 1.75 bits per heavy atom. The molecule has 3 heteroatoms. The molecule has 2 aliphatic rings. The normalized spacial score (nSPS) is 24.4. The molecule has 1 aliphatic heterocycles. The monoisotopic (exact) mass is 271 g/mol. The molecule has 1 aliphatic carbocycles. The first kappa shape index (κ1) is 13.3. The summed E-state index contributed by atoms with van der Waals surface area (Å²) in [4.78, 5) is 26.5. The van der Waals surface area contributed by atoms with Crippen LogP contribution >= 0.6 is 0 Å². The van der Waals surface area contributed by atoms with E-state index < -0.39 is 0 Å². The summed E-state index contributed by atoms with van der Waals surface area (Å²) in [7, 11) is 0. The quantitative estimate of drug-likeness (QED) is 0.775. The van der Waals surface area contributed by atoms with Gasteiger partial charge in [-0.3, -0.25) is 14.5 Å². The number of carbonyl (C=O) groups excluding carboxylic acids is 2. The summed E-state index contributed by atoms with van der Waals surface area (Å²) in [5.41, 5.74) is 2.12. The third-order valence-corrected chi connectivity index (χ3v) is 4.69. The average molecular weight is 271 g/mol. The topological polar surface area (TPSA) is 37.4 Å². The van der Waals surface area contributed by atoms with Crippen LogP contribution in [-0.2, 0) is 9.59 Å². The average Bonchev–Trinajstić information content (AvgIpc) is 2.75. The number of amides is 2. The van der Waals surface area contributed by atoms with Gasteiger partial charge in [-0.05, 0) is 30.9 Å². The van der Waals surface area contributed by atoms with Crippen LogP contribution < -0.4 is 0 Å². The fourth-order valence-electron chi connectivity index (χ4n) is 3.59. The van der Waals surface area contributed by atoms with E-state index in [9.17, 15) is 9.59 Å². The molecule has 1 atom stereocenters. The van der Waals surface area contributed by atoms with E-state index in [1.165, 1.54) is 6.42 Å².